The zero-order chi connectivity index (χ0) is 18.1. The predicted octanol–water partition coefficient (Wildman–Crippen LogP) is 5.31. The van der Waals surface area contributed by atoms with Gasteiger partial charge in [-0.1, -0.05) is 24.9 Å². The highest BCUT2D eigenvalue weighted by molar-refractivity contribution is 6.30. The molecule has 0 bridgehead atoms. The molecule has 0 aliphatic rings. The minimum absolute atomic E-state index is 0.180. The number of carbonyl (C=O) groups is 1. The van der Waals surface area contributed by atoms with E-state index in [0.717, 1.165) is 24.2 Å². The molecule has 0 heterocycles. The Morgan fingerprint density at radius 2 is 1.88 bits per heavy atom. The number of rotatable bonds is 9. The van der Waals surface area contributed by atoms with Gasteiger partial charge in [0.2, 0.25) is 0 Å². The number of benzene rings is 2. The second-order valence-electron chi connectivity index (χ2n) is 5.62. The molecule has 0 fully saturated rings. The standard InChI is InChI=1S/C20H24ClNO3/c1-3-5-12-24-14-16-13-15(6-11-19(16)25-4-2)20(23)22-18-9-7-17(21)8-10-18/h6-11,13H,3-5,12,14H2,1-2H3,(H,22,23). The van der Waals surface area contributed by atoms with Gasteiger partial charge in [-0.05, 0) is 55.8 Å². The molecule has 0 spiro atoms. The quantitative estimate of drug-likeness (QED) is 0.616. The first-order valence-corrected chi connectivity index (χ1v) is 8.92. The van der Waals surface area contributed by atoms with Crippen LogP contribution in [0.5, 0.6) is 5.75 Å². The van der Waals surface area contributed by atoms with Gasteiger partial charge in [-0.3, -0.25) is 4.79 Å². The van der Waals surface area contributed by atoms with Gasteiger partial charge in [0.1, 0.15) is 5.75 Å². The molecule has 2 rings (SSSR count). The van der Waals surface area contributed by atoms with Gasteiger partial charge in [0.25, 0.3) is 5.91 Å². The van der Waals surface area contributed by atoms with Gasteiger partial charge < -0.3 is 14.8 Å². The zero-order valence-electron chi connectivity index (χ0n) is 14.7. The molecule has 2 aromatic carbocycles. The monoisotopic (exact) mass is 361 g/mol. The summed E-state index contributed by atoms with van der Waals surface area (Å²) in [5.41, 5.74) is 2.14. The SMILES string of the molecule is CCCCOCc1cc(C(=O)Nc2ccc(Cl)cc2)ccc1OCC. The highest BCUT2D eigenvalue weighted by Gasteiger charge is 2.11. The molecule has 4 nitrogen and oxygen atoms in total. The minimum Gasteiger partial charge on any atom is -0.494 e. The van der Waals surface area contributed by atoms with Crippen LogP contribution in [-0.4, -0.2) is 19.1 Å². The van der Waals surface area contributed by atoms with Crippen LogP contribution in [0.1, 0.15) is 42.6 Å². The largest absolute Gasteiger partial charge is 0.494 e. The van der Waals surface area contributed by atoms with Crippen molar-refractivity contribution < 1.29 is 14.3 Å². The van der Waals surface area contributed by atoms with Crippen LogP contribution in [0.25, 0.3) is 0 Å². The number of carbonyl (C=O) groups excluding carboxylic acids is 1. The third-order valence-electron chi connectivity index (χ3n) is 3.62. The molecule has 0 atom stereocenters. The maximum Gasteiger partial charge on any atom is 0.255 e. The van der Waals surface area contributed by atoms with Crippen molar-refractivity contribution in [1.82, 2.24) is 0 Å². The molecular weight excluding hydrogens is 338 g/mol. The number of ether oxygens (including phenoxy) is 2. The minimum atomic E-state index is -0.180. The first-order valence-electron chi connectivity index (χ1n) is 8.54. The van der Waals surface area contributed by atoms with Crippen molar-refractivity contribution in [1.29, 1.82) is 0 Å². The molecule has 0 aromatic heterocycles. The Labute approximate surface area is 154 Å². The van der Waals surface area contributed by atoms with Gasteiger partial charge in [0.15, 0.2) is 0 Å². The zero-order valence-corrected chi connectivity index (χ0v) is 15.4. The molecule has 1 amide bonds. The summed E-state index contributed by atoms with van der Waals surface area (Å²) < 4.78 is 11.3. The third kappa shape index (κ3) is 6.07. The molecule has 5 heteroatoms. The summed E-state index contributed by atoms with van der Waals surface area (Å²) in [4.78, 5) is 12.5. The van der Waals surface area contributed by atoms with Gasteiger partial charge in [0, 0.05) is 28.4 Å². The first kappa shape index (κ1) is 19.3. The summed E-state index contributed by atoms with van der Waals surface area (Å²) in [6.45, 7) is 5.75. The van der Waals surface area contributed by atoms with Gasteiger partial charge in [0.05, 0.1) is 13.2 Å². The van der Waals surface area contributed by atoms with E-state index in [2.05, 4.69) is 12.2 Å². The van der Waals surface area contributed by atoms with Crippen molar-refractivity contribution in [3.8, 4) is 5.75 Å². The van der Waals surface area contributed by atoms with E-state index in [-0.39, 0.29) is 5.91 Å². The van der Waals surface area contributed by atoms with Crippen molar-refractivity contribution >= 4 is 23.2 Å². The number of hydrogen-bond donors (Lipinski definition) is 1. The van der Waals surface area contributed by atoms with Crippen LogP contribution >= 0.6 is 11.6 Å². The molecule has 134 valence electrons. The van der Waals surface area contributed by atoms with Crippen LogP contribution in [0.2, 0.25) is 5.02 Å². The number of amides is 1. The number of unbranched alkanes of at least 4 members (excludes halogenated alkanes) is 1. The molecule has 0 aliphatic carbocycles. The second kappa shape index (κ2) is 10.1. The molecule has 0 saturated carbocycles. The Morgan fingerprint density at radius 1 is 1.12 bits per heavy atom. The molecule has 0 aliphatic heterocycles. The van der Waals surface area contributed by atoms with E-state index in [0.29, 0.717) is 36.1 Å². The summed E-state index contributed by atoms with van der Waals surface area (Å²) in [5, 5.41) is 3.49. The summed E-state index contributed by atoms with van der Waals surface area (Å²) in [6.07, 6.45) is 2.10. The van der Waals surface area contributed by atoms with Crippen LogP contribution in [0.4, 0.5) is 5.69 Å². The van der Waals surface area contributed by atoms with Gasteiger partial charge in [-0.15, -0.1) is 0 Å². The highest BCUT2D eigenvalue weighted by atomic mass is 35.5. The van der Waals surface area contributed by atoms with E-state index in [1.54, 1.807) is 30.3 Å². The molecule has 25 heavy (non-hydrogen) atoms. The van der Waals surface area contributed by atoms with Crippen molar-refractivity contribution in [3.05, 3.63) is 58.6 Å². The number of hydrogen-bond acceptors (Lipinski definition) is 3. The van der Waals surface area contributed by atoms with Crippen LogP contribution in [-0.2, 0) is 11.3 Å². The molecular formula is C20H24ClNO3. The average Bonchev–Trinajstić information content (AvgIpc) is 2.62. The van der Waals surface area contributed by atoms with Gasteiger partial charge in [-0.2, -0.15) is 0 Å². The average molecular weight is 362 g/mol. The predicted molar refractivity (Wildman–Crippen MR) is 102 cm³/mol. The Morgan fingerprint density at radius 3 is 2.56 bits per heavy atom. The molecule has 1 N–H and O–H groups in total. The Hall–Kier alpha value is -2.04. The second-order valence-corrected chi connectivity index (χ2v) is 6.06. The van der Waals surface area contributed by atoms with Crippen LogP contribution in [0.15, 0.2) is 42.5 Å². The van der Waals surface area contributed by atoms with E-state index in [4.69, 9.17) is 21.1 Å². The molecule has 0 radical (unpaired) electrons. The number of halogens is 1. The fraction of sp³-hybridized carbons (Fsp3) is 0.350. The van der Waals surface area contributed by atoms with Crippen molar-refractivity contribution in [3.63, 3.8) is 0 Å². The van der Waals surface area contributed by atoms with Crippen LogP contribution < -0.4 is 10.1 Å². The Kier molecular flexibility index (Phi) is 7.76. The number of nitrogens with one attached hydrogen (secondary N) is 1. The van der Waals surface area contributed by atoms with E-state index >= 15 is 0 Å². The summed E-state index contributed by atoms with van der Waals surface area (Å²) in [7, 11) is 0. The van der Waals surface area contributed by atoms with E-state index in [1.165, 1.54) is 0 Å². The van der Waals surface area contributed by atoms with Crippen molar-refractivity contribution in [2.45, 2.75) is 33.3 Å². The Bertz CT molecular complexity index is 686. The maximum absolute atomic E-state index is 12.5. The van der Waals surface area contributed by atoms with Crippen LogP contribution in [0, 0.1) is 0 Å². The normalized spacial score (nSPS) is 10.5. The van der Waals surface area contributed by atoms with Crippen LogP contribution in [0.3, 0.4) is 0 Å². The lowest BCUT2D eigenvalue weighted by Gasteiger charge is -2.13. The third-order valence-corrected chi connectivity index (χ3v) is 3.88. The fourth-order valence-corrected chi connectivity index (χ4v) is 2.42. The molecule has 0 unspecified atom stereocenters. The number of anilines is 1. The van der Waals surface area contributed by atoms with E-state index in [9.17, 15) is 4.79 Å². The van der Waals surface area contributed by atoms with Gasteiger partial charge in [-0.25, -0.2) is 0 Å². The fourth-order valence-electron chi connectivity index (χ4n) is 2.29. The summed E-state index contributed by atoms with van der Waals surface area (Å²) in [6, 6.07) is 12.4. The molecule has 0 saturated heterocycles. The van der Waals surface area contributed by atoms with E-state index < -0.39 is 0 Å². The Balaban J connectivity index is 2.10. The first-order chi connectivity index (χ1) is 12.1. The topological polar surface area (TPSA) is 47.6 Å². The summed E-state index contributed by atoms with van der Waals surface area (Å²) in [5.74, 6) is 0.572. The lowest BCUT2D eigenvalue weighted by Crippen LogP contribution is -2.12. The van der Waals surface area contributed by atoms with Crippen molar-refractivity contribution in [2.24, 2.45) is 0 Å². The summed E-state index contributed by atoms with van der Waals surface area (Å²) >= 11 is 5.86. The lowest BCUT2D eigenvalue weighted by molar-refractivity contribution is 0.102. The lowest BCUT2D eigenvalue weighted by atomic mass is 10.1. The van der Waals surface area contributed by atoms with Crippen molar-refractivity contribution in [2.75, 3.05) is 18.5 Å². The van der Waals surface area contributed by atoms with E-state index in [1.807, 2.05) is 19.1 Å². The van der Waals surface area contributed by atoms with Gasteiger partial charge >= 0.3 is 0 Å². The highest BCUT2D eigenvalue weighted by Crippen LogP contribution is 2.22. The smallest absolute Gasteiger partial charge is 0.255 e. The molecule has 2 aromatic rings. The maximum atomic E-state index is 12.5.